The number of fused-ring (bicyclic) bond motifs is 1. The molecule has 1 amide bonds. The van der Waals surface area contributed by atoms with E-state index in [1.807, 2.05) is 12.1 Å². The first-order valence-corrected chi connectivity index (χ1v) is 12.4. The molecule has 2 aromatic carbocycles. The summed E-state index contributed by atoms with van der Waals surface area (Å²) in [5, 5.41) is 6.54. The fraction of sp³-hybridized carbons (Fsp3) is 0.348. The van der Waals surface area contributed by atoms with Crippen LogP contribution in [0.5, 0.6) is 0 Å². The van der Waals surface area contributed by atoms with Crippen LogP contribution >= 0.6 is 0 Å². The van der Waals surface area contributed by atoms with Crippen LogP contribution < -0.4 is 11.1 Å². The molecule has 172 valence electrons. The van der Waals surface area contributed by atoms with E-state index >= 15 is 0 Å². The summed E-state index contributed by atoms with van der Waals surface area (Å²) in [6.07, 6.45) is 3.90. The SMILES string of the molecule is O=C(Nc1cccc(-c2noc(=O)[nH]2)c1)C1CCN(S(=O)(=O)c2ccc3c(c2)CCC3)CC1. The Balaban J connectivity index is 1.22. The van der Waals surface area contributed by atoms with Gasteiger partial charge in [0.2, 0.25) is 15.9 Å². The molecule has 2 heterocycles. The third-order valence-corrected chi connectivity index (χ3v) is 8.27. The molecule has 9 nitrogen and oxygen atoms in total. The van der Waals surface area contributed by atoms with Crippen LogP contribution in [-0.4, -0.2) is 41.9 Å². The largest absolute Gasteiger partial charge is 0.439 e. The number of piperidine rings is 1. The average Bonchev–Trinajstić information content (AvgIpc) is 3.47. The highest BCUT2D eigenvalue weighted by molar-refractivity contribution is 7.89. The van der Waals surface area contributed by atoms with Crippen molar-refractivity contribution < 1.29 is 17.7 Å². The van der Waals surface area contributed by atoms with Gasteiger partial charge in [-0.25, -0.2) is 13.2 Å². The Kier molecular flexibility index (Phi) is 5.63. The lowest BCUT2D eigenvalue weighted by Gasteiger charge is -2.30. The molecule has 1 aliphatic heterocycles. The van der Waals surface area contributed by atoms with Crippen LogP contribution in [0.1, 0.15) is 30.4 Å². The van der Waals surface area contributed by atoms with E-state index < -0.39 is 15.8 Å². The predicted molar refractivity (Wildman–Crippen MR) is 121 cm³/mol. The normalized spacial score (nSPS) is 17.1. The number of nitrogens with zero attached hydrogens (tertiary/aromatic N) is 2. The molecule has 1 fully saturated rings. The monoisotopic (exact) mass is 468 g/mol. The van der Waals surface area contributed by atoms with E-state index in [0.717, 1.165) is 24.8 Å². The van der Waals surface area contributed by atoms with Gasteiger partial charge in [0.1, 0.15) is 0 Å². The molecular formula is C23H24N4O5S. The number of benzene rings is 2. The second kappa shape index (κ2) is 8.60. The van der Waals surface area contributed by atoms with Crippen molar-refractivity contribution in [2.24, 2.45) is 5.92 Å². The number of amides is 1. The highest BCUT2D eigenvalue weighted by Gasteiger charge is 2.32. The van der Waals surface area contributed by atoms with E-state index in [2.05, 4.69) is 20.0 Å². The first-order valence-electron chi connectivity index (χ1n) is 11.0. The number of hydrogen-bond acceptors (Lipinski definition) is 6. The van der Waals surface area contributed by atoms with Crippen LogP contribution in [-0.2, 0) is 27.7 Å². The minimum atomic E-state index is -3.57. The number of aromatic amines is 1. The molecule has 5 rings (SSSR count). The van der Waals surface area contributed by atoms with Crippen LogP contribution in [0.15, 0.2) is 56.7 Å². The summed E-state index contributed by atoms with van der Waals surface area (Å²) in [7, 11) is -3.57. The lowest BCUT2D eigenvalue weighted by molar-refractivity contribution is -0.120. The molecule has 0 unspecified atom stereocenters. The maximum Gasteiger partial charge on any atom is 0.439 e. The van der Waals surface area contributed by atoms with Gasteiger partial charge in [0.05, 0.1) is 4.90 Å². The summed E-state index contributed by atoms with van der Waals surface area (Å²) in [4.78, 5) is 26.8. The standard InChI is InChI=1S/C23H24N4O5S/c28-22(24-19-6-2-5-18(13-19)21-25-23(29)32-26-21)16-9-11-27(12-10-16)33(30,31)20-8-7-15-3-1-4-17(15)14-20/h2,5-8,13-14,16H,1,3-4,9-12H2,(H,24,28)(H,25,26,29). The Hall–Kier alpha value is -3.24. The number of aryl methyl sites for hydroxylation is 2. The van der Waals surface area contributed by atoms with Crippen LogP contribution in [0, 0.1) is 5.92 Å². The van der Waals surface area contributed by atoms with Crippen molar-refractivity contribution >= 4 is 21.6 Å². The first kappa shape index (κ1) is 21.6. The van der Waals surface area contributed by atoms with Gasteiger partial charge in [-0.1, -0.05) is 23.4 Å². The van der Waals surface area contributed by atoms with E-state index in [4.69, 9.17) is 0 Å². The fourth-order valence-electron chi connectivity index (χ4n) is 4.56. The lowest BCUT2D eigenvalue weighted by atomic mass is 9.97. The number of rotatable bonds is 5. The van der Waals surface area contributed by atoms with E-state index in [-0.39, 0.29) is 17.6 Å². The molecule has 2 aliphatic rings. The summed E-state index contributed by atoms with van der Waals surface area (Å²) < 4.78 is 32.2. The number of anilines is 1. The summed E-state index contributed by atoms with van der Waals surface area (Å²) in [6.45, 7) is 0.607. The van der Waals surface area contributed by atoms with Crippen molar-refractivity contribution in [3.8, 4) is 11.4 Å². The van der Waals surface area contributed by atoms with Crippen molar-refractivity contribution in [3.63, 3.8) is 0 Å². The van der Waals surface area contributed by atoms with Gasteiger partial charge in [-0.05, 0) is 67.5 Å². The third-order valence-electron chi connectivity index (χ3n) is 6.38. The van der Waals surface area contributed by atoms with Crippen LogP contribution in [0.4, 0.5) is 5.69 Å². The molecule has 1 aliphatic carbocycles. The zero-order valence-corrected chi connectivity index (χ0v) is 18.7. The van der Waals surface area contributed by atoms with Gasteiger partial charge in [0, 0.05) is 30.3 Å². The molecule has 10 heteroatoms. The molecule has 1 aromatic heterocycles. The second-order valence-electron chi connectivity index (χ2n) is 8.48. The molecular weight excluding hydrogens is 444 g/mol. The molecule has 3 aromatic rings. The number of carbonyl (C=O) groups is 1. The topological polar surface area (TPSA) is 125 Å². The Bertz CT molecular complexity index is 1350. The predicted octanol–water partition coefficient (Wildman–Crippen LogP) is 2.56. The van der Waals surface area contributed by atoms with E-state index in [9.17, 15) is 18.0 Å². The van der Waals surface area contributed by atoms with Crippen molar-refractivity contribution in [3.05, 3.63) is 64.1 Å². The maximum atomic E-state index is 13.1. The van der Waals surface area contributed by atoms with Crippen molar-refractivity contribution in [2.75, 3.05) is 18.4 Å². The highest BCUT2D eigenvalue weighted by atomic mass is 32.2. The van der Waals surface area contributed by atoms with Gasteiger partial charge in [0.25, 0.3) is 0 Å². The Morgan fingerprint density at radius 3 is 2.64 bits per heavy atom. The van der Waals surface area contributed by atoms with Crippen LogP contribution in [0.2, 0.25) is 0 Å². The van der Waals surface area contributed by atoms with Gasteiger partial charge in [-0.2, -0.15) is 4.31 Å². The second-order valence-corrected chi connectivity index (χ2v) is 10.4. The first-order chi connectivity index (χ1) is 15.9. The minimum absolute atomic E-state index is 0.157. The van der Waals surface area contributed by atoms with E-state index in [1.165, 1.54) is 9.87 Å². The van der Waals surface area contributed by atoms with E-state index in [0.29, 0.717) is 42.1 Å². The average molecular weight is 469 g/mol. The number of aromatic nitrogens is 2. The fourth-order valence-corrected chi connectivity index (χ4v) is 6.08. The molecule has 0 saturated carbocycles. The number of sulfonamides is 1. The van der Waals surface area contributed by atoms with Gasteiger partial charge < -0.3 is 5.32 Å². The van der Waals surface area contributed by atoms with Crippen LogP contribution in [0.3, 0.4) is 0 Å². The number of H-pyrrole nitrogens is 1. The Morgan fingerprint density at radius 2 is 1.88 bits per heavy atom. The summed E-state index contributed by atoms with van der Waals surface area (Å²) in [5.74, 6) is -0.815. The molecule has 0 atom stereocenters. The third kappa shape index (κ3) is 4.36. The van der Waals surface area contributed by atoms with E-state index in [1.54, 1.807) is 30.3 Å². The summed E-state index contributed by atoms with van der Waals surface area (Å²) in [5.41, 5.74) is 3.54. The molecule has 0 radical (unpaired) electrons. The minimum Gasteiger partial charge on any atom is -0.326 e. The van der Waals surface area contributed by atoms with Crippen molar-refractivity contribution in [1.29, 1.82) is 0 Å². The van der Waals surface area contributed by atoms with Crippen molar-refractivity contribution in [2.45, 2.75) is 37.0 Å². The smallest absolute Gasteiger partial charge is 0.326 e. The van der Waals surface area contributed by atoms with Gasteiger partial charge in [-0.15, -0.1) is 0 Å². The van der Waals surface area contributed by atoms with Gasteiger partial charge in [0.15, 0.2) is 5.82 Å². The summed E-state index contributed by atoms with van der Waals surface area (Å²) in [6, 6.07) is 12.4. The van der Waals surface area contributed by atoms with Gasteiger partial charge in [-0.3, -0.25) is 14.3 Å². The number of nitrogens with one attached hydrogen (secondary N) is 2. The number of hydrogen-bond donors (Lipinski definition) is 2. The zero-order valence-electron chi connectivity index (χ0n) is 17.9. The maximum absolute atomic E-state index is 13.1. The number of carbonyl (C=O) groups excluding carboxylic acids is 1. The van der Waals surface area contributed by atoms with Crippen molar-refractivity contribution in [1.82, 2.24) is 14.4 Å². The quantitative estimate of drug-likeness (QED) is 0.593. The Morgan fingerprint density at radius 1 is 1.09 bits per heavy atom. The molecule has 0 spiro atoms. The molecule has 2 N–H and O–H groups in total. The lowest BCUT2D eigenvalue weighted by Crippen LogP contribution is -2.41. The Labute approximate surface area is 190 Å². The molecule has 33 heavy (non-hydrogen) atoms. The molecule has 0 bridgehead atoms. The highest BCUT2D eigenvalue weighted by Crippen LogP contribution is 2.29. The molecule has 1 saturated heterocycles. The van der Waals surface area contributed by atoms with Crippen LogP contribution in [0.25, 0.3) is 11.4 Å². The summed E-state index contributed by atoms with van der Waals surface area (Å²) >= 11 is 0. The zero-order chi connectivity index (χ0) is 23.0. The van der Waals surface area contributed by atoms with Gasteiger partial charge >= 0.3 is 5.76 Å².